The first-order valence-corrected chi connectivity index (χ1v) is 14.3. The molecule has 5 rings (SSSR count). The number of tetrazole rings is 1. The molecule has 40 heavy (non-hydrogen) atoms. The Morgan fingerprint density at radius 3 is 2.70 bits per heavy atom. The molecule has 0 aromatic carbocycles. The number of carbonyl (C=O) groups excluding carboxylic acids is 4. The fraction of sp³-hybridized carbons (Fsp3) is 0.450. The van der Waals surface area contributed by atoms with Crippen molar-refractivity contribution in [1.82, 2.24) is 40.3 Å². The topological polar surface area (TPSA) is 214 Å². The molecular weight excluding hydrogens is 595 g/mol. The molecule has 2 aromatic rings. The molecule has 16 nitrogen and oxygen atoms in total. The summed E-state index contributed by atoms with van der Waals surface area (Å²) in [5.41, 5.74) is 5.81. The van der Waals surface area contributed by atoms with Gasteiger partial charge in [0.1, 0.15) is 17.1 Å². The second kappa shape index (κ2) is 12.4. The minimum absolute atomic E-state index is 0. The van der Waals surface area contributed by atoms with E-state index >= 15 is 0 Å². The Morgan fingerprint density at radius 2 is 2.10 bits per heavy atom. The number of β-lactam (4-membered cyclic amide) rings is 1. The number of anilines is 1. The van der Waals surface area contributed by atoms with Gasteiger partial charge in [0.25, 0.3) is 17.7 Å². The van der Waals surface area contributed by atoms with Crippen LogP contribution in [0.15, 0.2) is 27.0 Å². The fourth-order valence-electron chi connectivity index (χ4n) is 4.09. The van der Waals surface area contributed by atoms with Crippen molar-refractivity contribution in [1.29, 1.82) is 0 Å². The Hall–Kier alpha value is -2.71. The molecule has 3 amide bonds. The number of nitrogen functional groups attached to an aromatic ring is 1. The second-order valence-corrected chi connectivity index (χ2v) is 11.6. The van der Waals surface area contributed by atoms with Crippen LogP contribution in [-0.2, 0) is 31.1 Å². The average molecular weight is 617 g/mol. The van der Waals surface area contributed by atoms with Crippen molar-refractivity contribution in [2.45, 2.75) is 29.1 Å². The van der Waals surface area contributed by atoms with Gasteiger partial charge < -0.3 is 30.7 Å². The number of thioether (sulfide) groups is 2. The van der Waals surface area contributed by atoms with Crippen LogP contribution in [0.3, 0.4) is 0 Å². The number of carboxylic acids is 1. The third kappa shape index (κ3) is 5.84. The first-order valence-electron chi connectivity index (χ1n) is 11.4. The number of aryl methyl sites for hydroxylation is 1. The number of oxime groups is 1. The molecular formula is C20H21N10NaO6S3. The summed E-state index contributed by atoms with van der Waals surface area (Å²) >= 11 is 3.60. The van der Waals surface area contributed by atoms with Gasteiger partial charge in [-0.3, -0.25) is 19.3 Å². The molecule has 5 heterocycles. The number of hydrogen-bond acceptors (Lipinski definition) is 15. The van der Waals surface area contributed by atoms with E-state index in [1.165, 1.54) is 38.5 Å². The number of fused-ring (bicyclic) bond motifs is 1. The summed E-state index contributed by atoms with van der Waals surface area (Å²) < 4.78 is 1.45. The van der Waals surface area contributed by atoms with Gasteiger partial charge in [0, 0.05) is 43.9 Å². The Bertz CT molecular complexity index is 1410. The number of aliphatic carboxylic acids is 1. The third-order valence-corrected chi connectivity index (χ3v) is 9.22. The summed E-state index contributed by atoms with van der Waals surface area (Å²) in [6.07, 6.45) is -0.457. The number of amides is 3. The number of hydrogen-bond donors (Lipinski definition) is 2. The van der Waals surface area contributed by atoms with Gasteiger partial charge in [-0.2, -0.15) is 0 Å². The zero-order valence-electron chi connectivity index (χ0n) is 21.5. The summed E-state index contributed by atoms with van der Waals surface area (Å²) in [4.78, 5) is 62.5. The molecule has 0 spiro atoms. The largest absolute Gasteiger partial charge is 1.00 e. The van der Waals surface area contributed by atoms with Gasteiger partial charge in [0.15, 0.2) is 10.8 Å². The van der Waals surface area contributed by atoms with E-state index in [1.807, 2.05) is 0 Å². The maximum Gasteiger partial charge on any atom is 1.00 e. The number of likely N-dealkylation sites (N-methyl/N-ethyl adjacent to an activating group) is 1. The Balaban J connectivity index is 0.00000370. The maximum atomic E-state index is 13.2. The number of carbonyl (C=O) groups is 4. The van der Waals surface area contributed by atoms with Crippen LogP contribution >= 0.6 is 34.9 Å². The quantitative estimate of drug-likeness (QED) is 0.0885. The van der Waals surface area contributed by atoms with Crippen LogP contribution in [0.5, 0.6) is 0 Å². The number of nitrogens with zero attached hydrogens (tertiary/aromatic N) is 8. The number of aromatic nitrogens is 5. The van der Waals surface area contributed by atoms with Crippen LogP contribution in [0, 0.1) is 0 Å². The molecule has 2 aromatic heterocycles. The van der Waals surface area contributed by atoms with Gasteiger partial charge in [-0.05, 0) is 16.0 Å². The van der Waals surface area contributed by atoms with Crippen molar-refractivity contribution < 1.29 is 58.7 Å². The number of rotatable bonds is 9. The van der Waals surface area contributed by atoms with E-state index in [1.54, 1.807) is 14.1 Å². The van der Waals surface area contributed by atoms with Crippen molar-refractivity contribution in [3.05, 3.63) is 22.3 Å². The zero-order valence-corrected chi connectivity index (χ0v) is 25.9. The number of nitrogens with two attached hydrogens (primary N) is 1. The summed E-state index contributed by atoms with van der Waals surface area (Å²) in [5.74, 6) is -2.66. The van der Waals surface area contributed by atoms with E-state index in [2.05, 4.69) is 31.0 Å². The number of nitrogens with one attached hydrogen (secondary N) is 1. The van der Waals surface area contributed by atoms with E-state index in [-0.39, 0.29) is 69.2 Å². The van der Waals surface area contributed by atoms with Crippen LogP contribution < -0.4 is 45.7 Å². The van der Waals surface area contributed by atoms with Gasteiger partial charge >= 0.3 is 29.6 Å². The molecule has 206 valence electrons. The molecule has 0 radical (unpaired) electrons. The summed E-state index contributed by atoms with van der Waals surface area (Å²) in [7, 11) is 3.28. The molecule has 2 saturated heterocycles. The van der Waals surface area contributed by atoms with Crippen LogP contribution in [0.25, 0.3) is 0 Å². The van der Waals surface area contributed by atoms with E-state index < -0.39 is 35.3 Å². The van der Waals surface area contributed by atoms with Crippen LogP contribution in [-0.4, -0.2) is 107 Å². The maximum absolute atomic E-state index is 13.2. The number of likely N-dealkylation sites (tertiary alicyclic amines) is 1. The molecule has 20 heteroatoms. The summed E-state index contributed by atoms with van der Waals surface area (Å²) in [6.45, 7) is 0.486. The predicted octanol–water partition coefficient (Wildman–Crippen LogP) is -5.60. The smallest absolute Gasteiger partial charge is 0.543 e. The summed E-state index contributed by atoms with van der Waals surface area (Å²) in [5, 5.41) is 31.1. The summed E-state index contributed by atoms with van der Waals surface area (Å²) in [6, 6.07) is -1.03. The number of carboxylic acid groups (broad SMARTS) is 1. The monoisotopic (exact) mass is 616 g/mol. The van der Waals surface area contributed by atoms with Crippen molar-refractivity contribution >= 4 is 69.4 Å². The van der Waals surface area contributed by atoms with Crippen molar-refractivity contribution in [2.24, 2.45) is 12.2 Å². The molecule has 2 fully saturated rings. The molecule has 3 atom stereocenters. The SMILES string of the molecule is CN1CCC(O/N=C(\C(=O)N[C@@H]2C(=O)N3C(C(=O)[O-])=C(CSc4nnnn4C)CS[C@@H]23)c2csc(N)n2)C1=O.[Na+]. The van der Waals surface area contributed by atoms with Crippen molar-refractivity contribution in [2.75, 3.05) is 30.8 Å². The predicted molar refractivity (Wildman–Crippen MR) is 137 cm³/mol. The fourth-order valence-corrected chi connectivity index (χ4v) is 6.98. The normalized spacial score (nSPS) is 22.6. The molecule has 1 unspecified atom stereocenters. The molecule has 3 N–H and O–H groups in total. The minimum atomic E-state index is -1.50. The molecule has 0 aliphatic carbocycles. The second-order valence-electron chi connectivity index (χ2n) is 8.63. The van der Waals surface area contributed by atoms with Crippen LogP contribution in [0.1, 0.15) is 12.1 Å². The Kier molecular flexibility index (Phi) is 9.40. The van der Waals surface area contributed by atoms with Crippen LogP contribution in [0.4, 0.5) is 5.13 Å². The van der Waals surface area contributed by atoms with Gasteiger partial charge in [0.05, 0.1) is 11.7 Å². The molecule has 0 bridgehead atoms. The van der Waals surface area contributed by atoms with E-state index in [9.17, 15) is 24.3 Å². The van der Waals surface area contributed by atoms with Gasteiger partial charge in [-0.1, -0.05) is 16.9 Å². The standard InChI is InChI=1S/C20H22N10O6S3.Na/c1-28-4-3-10(15(28)32)36-25-11(9-7-38-19(21)22-9)14(31)23-12-16(33)30-13(18(34)35)8(5-37-17(12)30)6-39-20-24-26-27-29(20)2;/h7,10,12,17H,3-6H2,1-2H3,(H2,21,22)(H,23,31)(H,34,35);/q;+1/p-1/b25-11-;/t10?,12-,17+;/m1./s1. The van der Waals surface area contributed by atoms with E-state index in [0.717, 1.165) is 16.2 Å². The first kappa shape index (κ1) is 30.3. The Morgan fingerprint density at radius 1 is 1.32 bits per heavy atom. The zero-order chi connectivity index (χ0) is 27.8. The van der Waals surface area contributed by atoms with Crippen molar-refractivity contribution in [3.8, 4) is 0 Å². The van der Waals surface area contributed by atoms with E-state index in [4.69, 9.17) is 10.6 Å². The van der Waals surface area contributed by atoms with Crippen molar-refractivity contribution in [3.63, 3.8) is 0 Å². The molecule has 3 aliphatic rings. The van der Waals surface area contributed by atoms with Gasteiger partial charge in [-0.15, -0.1) is 28.2 Å². The molecule has 0 saturated carbocycles. The van der Waals surface area contributed by atoms with E-state index in [0.29, 0.717) is 23.7 Å². The molecule has 3 aliphatic heterocycles. The third-order valence-electron chi connectivity index (χ3n) is 6.11. The van der Waals surface area contributed by atoms with Gasteiger partial charge in [0.2, 0.25) is 11.3 Å². The van der Waals surface area contributed by atoms with Gasteiger partial charge in [-0.25, -0.2) is 9.67 Å². The number of thiazole rings is 1. The average Bonchev–Trinajstić information content (AvgIpc) is 3.61. The Labute approximate surface area is 261 Å². The van der Waals surface area contributed by atoms with Crippen LogP contribution in [0.2, 0.25) is 0 Å². The first-order chi connectivity index (χ1) is 18.7. The minimum Gasteiger partial charge on any atom is -0.543 e.